The van der Waals surface area contributed by atoms with Crippen LogP contribution in [0.25, 0.3) is 10.9 Å². The number of nitrogens with zero attached hydrogens (tertiary/aromatic N) is 2. The summed E-state index contributed by atoms with van der Waals surface area (Å²) in [6, 6.07) is 10.2. The number of methoxy groups -OCH3 is 1. The lowest BCUT2D eigenvalue weighted by atomic mass is 9.75. The lowest BCUT2D eigenvalue weighted by molar-refractivity contribution is 0.0401. The first kappa shape index (κ1) is 22.8. The third kappa shape index (κ3) is 5.32. The molecule has 1 fully saturated rings. The van der Waals surface area contributed by atoms with E-state index in [1.807, 2.05) is 24.4 Å². The fourth-order valence-electron chi connectivity index (χ4n) is 4.69. The quantitative estimate of drug-likeness (QED) is 0.513. The Hall–Kier alpha value is -2.39. The lowest BCUT2D eigenvalue weighted by Crippen LogP contribution is -2.42. The van der Waals surface area contributed by atoms with Crippen LogP contribution < -0.4 is 4.74 Å². The Morgan fingerprint density at radius 3 is 2.81 bits per heavy atom. The van der Waals surface area contributed by atoms with Crippen molar-refractivity contribution < 1.29 is 9.84 Å². The molecule has 5 heteroatoms. The number of piperidine rings is 1. The van der Waals surface area contributed by atoms with Crippen molar-refractivity contribution in [2.24, 2.45) is 5.41 Å². The molecule has 4 nitrogen and oxygen atoms in total. The molecule has 1 aliphatic rings. The van der Waals surface area contributed by atoms with Crippen LogP contribution in [0.4, 0.5) is 0 Å². The number of likely N-dealkylation sites (tertiary alicyclic amines) is 1. The Bertz CT molecular complexity index is 1090. The van der Waals surface area contributed by atoms with Gasteiger partial charge in [-0.15, -0.1) is 11.3 Å². The minimum absolute atomic E-state index is 0.0338. The number of aliphatic hydroxyl groups excluding tert-OH is 1. The summed E-state index contributed by atoms with van der Waals surface area (Å²) in [5, 5.41) is 13.5. The first-order valence-corrected chi connectivity index (χ1v) is 12.3. The van der Waals surface area contributed by atoms with Crippen LogP contribution in [0.3, 0.4) is 0 Å². The van der Waals surface area contributed by atoms with Crippen molar-refractivity contribution in [1.29, 1.82) is 0 Å². The fraction of sp³-hybridized carbons (Fsp3) is 0.444. The van der Waals surface area contributed by atoms with E-state index in [9.17, 15) is 5.11 Å². The number of hydrogen-bond donors (Lipinski definition) is 1. The molecule has 2 aromatic heterocycles. The van der Waals surface area contributed by atoms with Gasteiger partial charge in [0.25, 0.3) is 0 Å². The maximum Gasteiger partial charge on any atom is 0.119 e. The van der Waals surface area contributed by atoms with Gasteiger partial charge >= 0.3 is 0 Å². The smallest absolute Gasteiger partial charge is 0.119 e. The molecule has 1 saturated heterocycles. The summed E-state index contributed by atoms with van der Waals surface area (Å²) < 4.78 is 5.43. The maximum atomic E-state index is 10.2. The molecule has 1 aliphatic heterocycles. The third-order valence-corrected chi connectivity index (χ3v) is 7.61. The highest BCUT2D eigenvalue weighted by Gasteiger charge is 2.33. The van der Waals surface area contributed by atoms with Crippen LogP contribution in [-0.4, -0.2) is 48.3 Å². The molecule has 4 rings (SSSR count). The van der Waals surface area contributed by atoms with Crippen LogP contribution >= 0.6 is 11.3 Å². The average molecular weight is 449 g/mol. The molecule has 1 aromatic carbocycles. The van der Waals surface area contributed by atoms with Crippen LogP contribution in [0.15, 0.2) is 41.9 Å². The van der Waals surface area contributed by atoms with Gasteiger partial charge in [0.2, 0.25) is 0 Å². The van der Waals surface area contributed by atoms with Gasteiger partial charge < -0.3 is 9.84 Å². The summed E-state index contributed by atoms with van der Waals surface area (Å²) in [4.78, 5) is 8.13. The van der Waals surface area contributed by atoms with E-state index in [1.54, 1.807) is 18.4 Å². The predicted molar refractivity (Wildman–Crippen MR) is 132 cm³/mol. The standard InChI is InChI=1S/C27H32N2O2S/c1-21-19-28-26-10-9-22(31-2)18-25(26)24(21)8-3-11-27(20-30)12-15-29(16-13-27)14-4-6-23-7-5-17-32-23/h5,7,9-10,17-19,30H,3,8,11-16,20H2,1-2H3. The Balaban J connectivity index is 1.35. The number of benzene rings is 1. The van der Waals surface area contributed by atoms with Crippen molar-refractivity contribution in [3.05, 3.63) is 57.9 Å². The van der Waals surface area contributed by atoms with Crippen molar-refractivity contribution in [2.75, 3.05) is 33.4 Å². The van der Waals surface area contributed by atoms with Gasteiger partial charge in [0.1, 0.15) is 5.75 Å². The molecule has 0 saturated carbocycles. The number of pyridine rings is 1. The van der Waals surface area contributed by atoms with Gasteiger partial charge in [-0.2, -0.15) is 0 Å². The molecule has 32 heavy (non-hydrogen) atoms. The molecule has 1 N–H and O–H groups in total. The van der Waals surface area contributed by atoms with Crippen molar-refractivity contribution >= 4 is 22.2 Å². The zero-order valence-electron chi connectivity index (χ0n) is 19.1. The lowest BCUT2D eigenvalue weighted by Gasteiger charge is -2.40. The molecule has 0 unspecified atom stereocenters. The number of rotatable bonds is 7. The fourth-order valence-corrected chi connectivity index (χ4v) is 5.28. The van der Waals surface area contributed by atoms with Gasteiger partial charge in [0.05, 0.1) is 24.0 Å². The molecule has 3 heterocycles. The Labute approximate surface area is 195 Å². The highest BCUT2D eigenvalue weighted by molar-refractivity contribution is 7.10. The van der Waals surface area contributed by atoms with E-state index in [2.05, 4.69) is 46.2 Å². The number of aryl methyl sites for hydroxylation is 2. The summed E-state index contributed by atoms with van der Waals surface area (Å²) in [6.45, 7) is 5.23. The molecule has 168 valence electrons. The third-order valence-electron chi connectivity index (χ3n) is 6.82. The molecular weight excluding hydrogens is 416 g/mol. The van der Waals surface area contributed by atoms with Crippen LogP contribution in [-0.2, 0) is 6.42 Å². The monoisotopic (exact) mass is 448 g/mol. The summed E-state index contributed by atoms with van der Waals surface area (Å²) in [5.74, 6) is 7.43. The molecule has 0 atom stereocenters. The zero-order chi connectivity index (χ0) is 22.4. The SMILES string of the molecule is COc1ccc2ncc(C)c(CCCC3(CO)CCN(CC#Cc4cccs4)CC3)c2c1. The van der Waals surface area contributed by atoms with E-state index in [4.69, 9.17) is 4.74 Å². The van der Waals surface area contributed by atoms with E-state index in [0.717, 1.165) is 67.9 Å². The van der Waals surface area contributed by atoms with Crippen LogP contribution in [0.1, 0.15) is 41.7 Å². The first-order chi connectivity index (χ1) is 15.6. The summed E-state index contributed by atoms with van der Waals surface area (Å²) in [6.07, 6.45) is 7.15. The van der Waals surface area contributed by atoms with Crippen LogP contribution in [0.5, 0.6) is 5.75 Å². The summed E-state index contributed by atoms with van der Waals surface area (Å²) in [5.41, 5.74) is 3.62. The van der Waals surface area contributed by atoms with Gasteiger partial charge in [-0.25, -0.2) is 0 Å². The van der Waals surface area contributed by atoms with E-state index in [0.29, 0.717) is 0 Å². The number of thiophene rings is 1. The molecule has 3 aromatic rings. The van der Waals surface area contributed by atoms with Gasteiger partial charge in [-0.1, -0.05) is 17.9 Å². The zero-order valence-corrected chi connectivity index (χ0v) is 19.9. The number of hydrogen-bond acceptors (Lipinski definition) is 5. The molecule has 0 bridgehead atoms. The number of ether oxygens (including phenoxy) is 1. The van der Waals surface area contributed by atoms with Crippen molar-refractivity contribution in [3.63, 3.8) is 0 Å². The van der Waals surface area contributed by atoms with Crippen molar-refractivity contribution in [2.45, 2.75) is 39.0 Å². The van der Waals surface area contributed by atoms with Crippen molar-refractivity contribution in [3.8, 4) is 17.6 Å². The first-order valence-electron chi connectivity index (χ1n) is 11.4. The number of aliphatic hydroxyl groups is 1. The molecule has 0 amide bonds. The summed E-state index contributed by atoms with van der Waals surface area (Å²) in [7, 11) is 1.70. The average Bonchev–Trinajstić information content (AvgIpc) is 3.35. The van der Waals surface area contributed by atoms with E-state index in [1.165, 1.54) is 16.5 Å². The number of aromatic nitrogens is 1. The molecular formula is C27H32N2O2S. The summed E-state index contributed by atoms with van der Waals surface area (Å²) >= 11 is 1.69. The Morgan fingerprint density at radius 1 is 1.25 bits per heavy atom. The normalized spacial score (nSPS) is 16.0. The van der Waals surface area contributed by atoms with Gasteiger partial charge in [0.15, 0.2) is 0 Å². The Morgan fingerprint density at radius 2 is 2.09 bits per heavy atom. The maximum absolute atomic E-state index is 10.2. The second-order valence-electron chi connectivity index (χ2n) is 8.87. The second-order valence-corrected chi connectivity index (χ2v) is 9.82. The predicted octanol–water partition coefficient (Wildman–Crippen LogP) is 5.06. The molecule has 0 radical (unpaired) electrons. The molecule has 0 aliphatic carbocycles. The minimum atomic E-state index is 0.0338. The second kappa shape index (κ2) is 10.5. The van der Waals surface area contributed by atoms with Crippen LogP contribution in [0, 0.1) is 24.2 Å². The highest BCUT2D eigenvalue weighted by Crippen LogP contribution is 2.37. The highest BCUT2D eigenvalue weighted by atomic mass is 32.1. The largest absolute Gasteiger partial charge is 0.497 e. The van der Waals surface area contributed by atoms with Crippen LogP contribution in [0.2, 0.25) is 0 Å². The number of fused-ring (bicyclic) bond motifs is 1. The topological polar surface area (TPSA) is 45.6 Å². The van der Waals surface area contributed by atoms with E-state index >= 15 is 0 Å². The molecule has 0 spiro atoms. The van der Waals surface area contributed by atoms with Gasteiger partial charge in [0, 0.05) is 18.2 Å². The van der Waals surface area contributed by atoms with E-state index in [-0.39, 0.29) is 12.0 Å². The van der Waals surface area contributed by atoms with E-state index < -0.39 is 0 Å². The Kier molecular flexibility index (Phi) is 7.47. The van der Waals surface area contributed by atoms with Crippen molar-refractivity contribution in [1.82, 2.24) is 9.88 Å². The minimum Gasteiger partial charge on any atom is -0.497 e. The van der Waals surface area contributed by atoms with Gasteiger partial charge in [-0.05, 0) is 98.3 Å². The van der Waals surface area contributed by atoms with Gasteiger partial charge in [-0.3, -0.25) is 9.88 Å².